The molecule has 2 aromatic rings. The molecular formula is C22H29F2IN4O2. The Labute approximate surface area is 198 Å². The summed E-state index contributed by atoms with van der Waals surface area (Å²) in [5.74, 6) is 0.574. The lowest BCUT2D eigenvalue weighted by Crippen LogP contribution is -2.38. The van der Waals surface area contributed by atoms with Crippen molar-refractivity contribution >= 4 is 35.8 Å². The molecule has 0 aliphatic heterocycles. The molecule has 31 heavy (non-hydrogen) atoms. The first-order chi connectivity index (χ1) is 14.4. The van der Waals surface area contributed by atoms with Crippen LogP contribution in [0.4, 0.5) is 8.78 Å². The number of rotatable bonds is 9. The molecule has 0 saturated carbocycles. The number of guanidine groups is 1. The van der Waals surface area contributed by atoms with Crippen molar-refractivity contribution < 1.29 is 18.3 Å². The molecule has 0 radical (unpaired) electrons. The van der Waals surface area contributed by atoms with Crippen LogP contribution in [0.5, 0.6) is 5.75 Å². The summed E-state index contributed by atoms with van der Waals surface area (Å²) in [4.78, 5) is 16.2. The maximum Gasteiger partial charge on any atom is 0.387 e. The Hall–Kier alpha value is -2.43. The van der Waals surface area contributed by atoms with Crippen LogP contribution < -0.4 is 20.7 Å². The van der Waals surface area contributed by atoms with Crippen molar-refractivity contribution in [2.45, 2.75) is 33.4 Å². The summed E-state index contributed by atoms with van der Waals surface area (Å²) in [7, 11) is 1.60. The van der Waals surface area contributed by atoms with E-state index in [0.717, 1.165) is 11.1 Å². The Morgan fingerprint density at radius 1 is 1.16 bits per heavy atom. The number of amides is 1. The molecule has 0 heterocycles. The predicted octanol–water partition coefficient (Wildman–Crippen LogP) is 3.87. The van der Waals surface area contributed by atoms with Crippen molar-refractivity contribution in [1.82, 2.24) is 16.0 Å². The van der Waals surface area contributed by atoms with Crippen molar-refractivity contribution in [3.63, 3.8) is 0 Å². The summed E-state index contributed by atoms with van der Waals surface area (Å²) in [6.07, 6.45) is 0.694. The SMILES string of the molecule is CCNC(=NCc1cc(C)ccc1OC(F)F)NCCc1cccc(C(=O)NC)c1.I. The van der Waals surface area contributed by atoms with E-state index in [1.807, 2.05) is 32.0 Å². The van der Waals surface area contributed by atoms with Gasteiger partial charge in [0.2, 0.25) is 0 Å². The molecule has 0 unspecified atom stereocenters. The molecule has 170 valence electrons. The fraction of sp³-hybridized carbons (Fsp3) is 0.364. The summed E-state index contributed by atoms with van der Waals surface area (Å²) in [6, 6.07) is 12.5. The van der Waals surface area contributed by atoms with Crippen LogP contribution >= 0.6 is 24.0 Å². The number of hydrogen-bond donors (Lipinski definition) is 3. The van der Waals surface area contributed by atoms with Crippen LogP contribution in [-0.4, -0.2) is 38.6 Å². The first-order valence-electron chi connectivity index (χ1n) is 9.80. The van der Waals surface area contributed by atoms with Gasteiger partial charge in [-0.15, -0.1) is 24.0 Å². The van der Waals surface area contributed by atoms with Crippen LogP contribution in [0.15, 0.2) is 47.5 Å². The minimum absolute atomic E-state index is 0. The Kier molecular flexibility index (Phi) is 11.8. The van der Waals surface area contributed by atoms with Crippen molar-refractivity contribution in [1.29, 1.82) is 0 Å². The number of nitrogens with one attached hydrogen (secondary N) is 3. The molecule has 0 fully saturated rings. The molecule has 6 nitrogen and oxygen atoms in total. The highest BCUT2D eigenvalue weighted by Gasteiger charge is 2.10. The standard InChI is InChI=1S/C22H28F2N4O2.HI/c1-4-26-22(27-11-10-16-6-5-7-17(13-16)20(29)25-3)28-14-18-12-15(2)8-9-19(18)30-21(23)24;/h5-9,12-13,21H,4,10-11,14H2,1-3H3,(H,25,29)(H2,26,27,28);1H. The first kappa shape index (κ1) is 26.6. The van der Waals surface area contributed by atoms with Gasteiger partial charge in [0.15, 0.2) is 5.96 Å². The van der Waals surface area contributed by atoms with E-state index in [-0.39, 0.29) is 42.2 Å². The Morgan fingerprint density at radius 2 is 1.94 bits per heavy atom. The van der Waals surface area contributed by atoms with Crippen LogP contribution in [-0.2, 0) is 13.0 Å². The number of aryl methyl sites for hydroxylation is 1. The van der Waals surface area contributed by atoms with Crippen LogP contribution in [0.2, 0.25) is 0 Å². The number of halogens is 3. The number of ether oxygens (including phenoxy) is 1. The van der Waals surface area contributed by atoms with Crippen molar-refractivity contribution in [2.24, 2.45) is 4.99 Å². The second kappa shape index (κ2) is 13.8. The minimum Gasteiger partial charge on any atom is -0.434 e. The number of hydrogen-bond acceptors (Lipinski definition) is 3. The van der Waals surface area contributed by atoms with Gasteiger partial charge in [0.25, 0.3) is 5.91 Å². The van der Waals surface area contributed by atoms with Crippen molar-refractivity contribution in [3.05, 3.63) is 64.7 Å². The molecular weight excluding hydrogens is 517 g/mol. The van der Waals surface area contributed by atoms with Gasteiger partial charge in [-0.05, 0) is 44.0 Å². The lowest BCUT2D eigenvalue weighted by atomic mass is 10.1. The lowest BCUT2D eigenvalue weighted by Gasteiger charge is -2.13. The summed E-state index contributed by atoms with van der Waals surface area (Å²) in [5.41, 5.74) is 3.16. The van der Waals surface area contributed by atoms with Gasteiger partial charge in [0.1, 0.15) is 5.75 Å². The second-order valence-electron chi connectivity index (χ2n) is 6.64. The predicted molar refractivity (Wildman–Crippen MR) is 130 cm³/mol. The summed E-state index contributed by atoms with van der Waals surface area (Å²) >= 11 is 0. The largest absolute Gasteiger partial charge is 0.434 e. The van der Waals surface area contributed by atoms with Crippen LogP contribution in [0.25, 0.3) is 0 Å². The number of nitrogens with zero attached hydrogens (tertiary/aromatic N) is 1. The van der Waals surface area contributed by atoms with Gasteiger partial charge in [0.05, 0.1) is 6.54 Å². The van der Waals surface area contributed by atoms with Gasteiger partial charge >= 0.3 is 6.61 Å². The molecule has 9 heteroatoms. The molecule has 0 bridgehead atoms. The molecule has 1 amide bonds. The van der Waals surface area contributed by atoms with E-state index in [4.69, 9.17) is 0 Å². The average Bonchev–Trinajstić information content (AvgIpc) is 2.73. The zero-order valence-corrected chi connectivity index (χ0v) is 20.2. The average molecular weight is 546 g/mol. The van der Waals surface area contributed by atoms with E-state index in [9.17, 15) is 13.6 Å². The normalized spacial score (nSPS) is 11.0. The third-order valence-corrected chi connectivity index (χ3v) is 4.31. The first-order valence-corrected chi connectivity index (χ1v) is 9.80. The van der Waals surface area contributed by atoms with E-state index in [2.05, 4.69) is 25.7 Å². The maximum absolute atomic E-state index is 12.6. The third kappa shape index (κ3) is 9.07. The smallest absolute Gasteiger partial charge is 0.387 e. The fourth-order valence-corrected chi connectivity index (χ4v) is 2.89. The van der Waals surface area contributed by atoms with Gasteiger partial charge in [-0.1, -0.05) is 29.8 Å². The van der Waals surface area contributed by atoms with Gasteiger partial charge in [-0.3, -0.25) is 4.79 Å². The molecule has 2 rings (SSSR count). The Bertz CT molecular complexity index is 878. The van der Waals surface area contributed by atoms with E-state index in [0.29, 0.717) is 36.6 Å². The minimum atomic E-state index is -2.88. The number of benzene rings is 2. The molecule has 3 N–H and O–H groups in total. The van der Waals surface area contributed by atoms with Gasteiger partial charge < -0.3 is 20.7 Å². The Balaban J connectivity index is 0.00000480. The monoisotopic (exact) mass is 546 g/mol. The maximum atomic E-state index is 12.6. The highest BCUT2D eigenvalue weighted by Crippen LogP contribution is 2.22. The van der Waals surface area contributed by atoms with Gasteiger partial charge in [-0.2, -0.15) is 8.78 Å². The quantitative estimate of drug-likeness (QED) is 0.254. The molecule has 2 aromatic carbocycles. The number of carbonyl (C=O) groups excluding carboxylic acids is 1. The van der Waals surface area contributed by atoms with Gasteiger partial charge in [-0.25, -0.2) is 4.99 Å². The number of alkyl halides is 2. The molecule has 0 aromatic heterocycles. The van der Waals surface area contributed by atoms with E-state index >= 15 is 0 Å². The van der Waals surface area contributed by atoms with Gasteiger partial charge in [0, 0.05) is 31.3 Å². The molecule has 0 spiro atoms. The summed E-state index contributed by atoms with van der Waals surface area (Å²) in [6.45, 7) is 2.40. The van der Waals surface area contributed by atoms with Crippen molar-refractivity contribution in [3.8, 4) is 5.75 Å². The summed E-state index contributed by atoms with van der Waals surface area (Å²) < 4.78 is 29.9. The number of carbonyl (C=O) groups is 1. The van der Waals surface area contributed by atoms with E-state index in [1.54, 1.807) is 25.2 Å². The molecule has 0 saturated heterocycles. The highest BCUT2D eigenvalue weighted by atomic mass is 127. The van der Waals surface area contributed by atoms with Crippen LogP contribution in [0.3, 0.4) is 0 Å². The molecule has 0 aliphatic rings. The Morgan fingerprint density at radius 3 is 2.61 bits per heavy atom. The van der Waals surface area contributed by atoms with E-state index < -0.39 is 6.61 Å². The van der Waals surface area contributed by atoms with E-state index in [1.165, 1.54) is 6.07 Å². The lowest BCUT2D eigenvalue weighted by molar-refractivity contribution is -0.0504. The topological polar surface area (TPSA) is 74.8 Å². The zero-order valence-electron chi connectivity index (χ0n) is 17.9. The second-order valence-corrected chi connectivity index (χ2v) is 6.64. The number of aliphatic imine (C=N–C) groups is 1. The highest BCUT2D eigenvalue weighted by molar-refractivity contribution is 14.0. The zero-order chi connectivity index (χ0) is 21.9. The van der Waals surface area contributed by atoms with Crippen molar-refractivity contribution in [2.75, 3.05) is 20.1 Å². The third-order valence-electron chi connectivity index (χ3n) is 4.31. The van der Waals surface area contributed by atoms with Crippen LogP contribution in [0, 0.1) is 6.92 Å². The van der Waals surface area contributed by atoms with Crippen LogP contribution in [0.1, 0.15) is 34.0 Å². The molecule has 0 atom stereocenters. The summed E-state index contributed by atoms with van der Waals surface area (Å²) in [5, 5.41) is 8.98. The fourth-order valence-electron chi connectivity index (χ4n) is 2.89. The molecule has 0 aliphatic carbocycles.